The van der Waals surface area contributed by atoms with Gasteiger partial charge in [-0.25, -0.2) is 0 Å². The van der Waals surface area contributed by atoms with Crippen molar-refractivity contribution in [2.75, 3.05) is 26.2 Å². The molecule has 1 heterocycles. The van der Waals surface area contributed by atoms with Crippen LogP contribution in [0.15, 0.2) is 18.2 Å². The molecule has 0 aromatic heterocycles. The number of aliphatic carboxylic acids is 4. The lowest BCUT2D eigenvalue weighted by Crippen LogP contribution is -2.23. The topological polar surface area (TPSA) is 188 Å². The zero-order chi connectivity index (χ0) is 26.1. The van der Waals surface area contributed by atoms with Crippen molar-refractivity contribution in [3.8, 4) is 5.75 Å². The summed E-state index contributed by atoms with van der Waals surface area (Å²) in [4.78, 5) is 41.0. The Bertz CT molecular complexity index is 749. The summed E-state index contributed by atoms with van der Waals surface area (Å²) in [6.45, 7) is 6.55. The Morgan fingerprint density at radius 2 is 1.50 bits per heavy atom. The van der Waals surface area contributed by atoms with Gasteiger partial charge in [-0.05, 0) is 50.6 Å². The van der Waals surface area contributed by atoms with Crippen molar-refractivity contribution in [3.05, 3.63) is 28.8 Å². The van der Waals surface area contributed by atoms with Crippen molar-refractivity contribution in [2.24, 2.45) is 11.7 Å². The quantitative estimate of drug-likeness (QED) is 0.297. The van der Waals surface area contributed by atoms with Gasteiger partial charge < -0.3 is 30.9 Å². The molecule has 1 aromatic rings. The van der Waals surface area contributed by atoms with Gasteiger partial charge in [0, 0.05) is 23.7 Å². The molecule has 1 aliphatic rings. The van der Waals surface area contributed by atoms with E-state index in [0.29, 0.717) is 12.5 Å². The van der Waals surface area contributed by atoms with Crippen LogP contribution in [-0.2, 0) is 25.7 Å². The summed E-state index contributed by atoms with van der Waals surface area (Å²) in [7, 11) is 0. The van der Waals surface area contributed by atoms with Crippen LogP contribution in [0.4, 0.5) is 0 Å². The van der Waals surface area contributed by atoms with Crippen LogP contribution in [0.5, 0.6) is 5.75 Å². The second-order valence-corrected chi connectivity index (χ2v) is 7.82. The molecular weight excluding hydrogens is 472 g/mol. The Morgan fingerprint density at radius 3 is 1.88 bits per heavy atom. The van der Waals surface area contributed by atoms with Gasteiger partial charge in [-0.1, -0.05) is 11.6 Å². The number of carbonyl (C=O) groups is 4. The molecule has 1 saturated heterocycles. The summed E-state index contributed by atoms with van der Waals surface area (Å²) in [5.41, 5.74) is 6.89. The van der Waals surface area contributed by atoms with Crippen LogP contribution < -0.4 is 10.5 Å². The van der Waals surface area contributed by atoms with Crippen LogP contribution in [0.25, 0.3) is 0 Å². The number of benzene rings is 1. The van der Waals surface area contributed by atoms with E-state index in [1.807, 2.05) is 25.1 Å². The molecule has 6 N–H and O–H groups in total. The van der Waals surface area contributed by atoms with Crippen molar-refractivity contribution >= 4 is 35.5 Å². The van der Waals surface area contributed by atoms with E-state index in [0.717, 1.165) is 37.0 Å². The Hall–Kier alpha value is -2.89. The van der Waals surface area contributed by atoms with Gasteiger partial charge in [-0.3, -0.25) is 24.1 Å². The number of carboxylic acids is 4. The van der Waals surface area contributed by atoms with E-state index in [1.165, 1.54) is 12.0 Å². The van der Waals surface area contributed by atoms with Crippen LogP contribution in [0.2, 0.25) is 5.02 Å². The minimum atomic E-state index is -1.08. The summed E-state index contributed by atoms with van der Waals surface area (Å²) in [6, 6.07) is 5.84. The third kappa shape index (κ3) is 15.8. The van der Waals surface area contributed by atoms with Crippen molar-refractivity contribution in [1.29, 1.82) is 0 Å². The Labute approximate surface area is 203 Å². The zero-order valence-electron chi connectivity index (χ0n) is 19.1. The van der Waals surface area contributed by atoms with Gasteiger partial charge in [-0.15, -0.1) is 0 Å². The van der Waals surface area contributed by atoms with Crippen molar-refractivity contribution in [1.82, 2.24) is 4.90 Å². The first-order chi connectivity index (χ1) is 16.0. The molecule has 1 fully saturated rings. The van der Waals surface area contributed by atoms with Gasteiger partial charge >= 0.3 is 23.9 Å². The zero-order valence-corrected chi connectivity index (χ0v) is 19.9. The predicted molar refractivity (Wildman–Crippen MR) is 124 cm³/mol. The molecule has 11 nitrogen and oxygen atoms in total. The first kappa shape index (κ1) is 31.1. The summed E-state index contributed by atoms with van der Waals surface area (Å²) >= 11 is 6.06. The molecule has 0 saturated carbocycles. The number of hydrogen-bond donors (Lipinski definition) is 5. The Balaban J connectivity index is 0.000000570. The number of ether oxygens (including phenoxy) is 1. The first-order valence-corrected chi connectivity index (χ1v) is 11.1. The maximum atomic E-state index is 9.64. The number of halogens is 1. The van der Waals surface area contributed by atoms with Crippen molar-refractivity contribution in [3.63, 3.8) is 0 Å². The highest BCUT2D eigenvalue weighted by atomic mass is 35.5. The Kier molecular flexibility index (Phi) is 16.1. The fraction of sp³-hybridized carbons (Fsp3) is 0.545. The molecule has 0 amide bonds. The first-order valence-electron chi connectivity index (χ1n) is 10.7. The van der Waals surface area contributed by atoms with Gasteiger partial charge in [0.25, 0.3) is 0 Å². The lowest BCUT2D eigenvalue weighted by atomic mass is 10.1. The maximum Gasteiger partial charge on any atom is 0.303 e. The minimum absolute atomic E-state index is 0.296. The molecule has 12 heteroatoms. The molecule has 1 aliphatic heterocycles. The molecule has 0 radical (unpaired) electrons. The average Bonchev–Trinajstić information content (AvgIpc) is 3.21. The second kappa shape index (κ2) is 17.6. The molecule has 1 aromatic carbocycles. The molecule has 0 bridgehead atoms. The average molecular weight is 505 g/mol. The van der Waals surface area contributed by atoms with Gasteiger partial charge in [0.05, 0.1) is 32.3 Å². The van der Waals surface area contributed by atoms with Crippen LogP contribution in [-0.4, -0.2) is 75.4 Å². The standard InChI is InChI=1S/C14H21ClN2O.2C4H6O4/c1-2-18-14-4-3-13(15)7-12(14)10-17-6-5-11(8-16)9-17;2*5-3(6)1-2-4(7)8/h3-4,7,11H,2,5-6,8-10,16H2,1H3;2*1-2H2,(H,5,6)(H,7,8)/t11-;;/m0../s1. The monoisotopic (exact) mass is 504 g/mol. The van der Waals surface area contributed by atoms with E-state index in [4.69, 9.17) is 42.5 Å². The highest BCUT2D eigenvalue weighted by Crippen LogP contribution is 2.26. The SMILES string of the molecule is CCOc1ccc(Cl)cc1CN1CC[C@@H](CN)C1.O=C(O)CCC(=O)O.O=C(O)CCC(=O)O. The molecule has 34 heavy (non-hydrogen) atoms. The summed E-state index contributed by atoms with van der Waals surface area (Å²) in [5, 5.41) is 32.4. The fourth-order valence-electron chi connectivity index (χ4n) is 2.89. The van der Waals surface area contributed by atoms with E-state index < -0.39 is 23.9 Å². The molecule has 192 valence electrons. The minimum Gasteiger partial charge on any atom is -0.494 e. The Morgan fingerprint density at radius 1 is 1.00 bits per heavy atom. The van der Waals surface area contributed by atoms with Crippen LogP contribution >= 0.6 is 11.6 Å². The highest BCUT2D eigenvalue weighted by Gasteiger charge is 2.22. The lowest BCUT2D eigenvalue weighted by molar-refractivity contribution is -0.143. The van der Waals surface area contributed by atoms with E-state index in [2.05, 4.69) is 4.90 Å². The molecule has 0 spiro atoms. The van der Waals surface area contributed by atoms with Gasteiger partial charge in [0.2, 0.25) is 0 Å². The highest BCUT2D eigenvalue weighted by molar-refractivity contribution is 6.30. The van der Waals surface area contributed by atoms with Crippen LogP contribution in [0, 0.1) is 5.92 Å². The van der Waals surface area contributed by atoms with E-state index in [1.54, 1.807) is 0 Å². The summed E-state index contributed by atoms with van der Waals surface area (Å²) < 4.78 is 5.65. The summed E-state index contributed by atoms with van der Waals surface area (Å²) in [6.07, 6.45) is 0.0103. The van der Waals surface area contributed by atoms with Gasteiger partial charge in [0.1, 0.15) is 5.75 Å². The summed E-state index contributed by atoms with van der Waals surface area (Å²) in [5.74, 6) is -2.72. The van der Waals surface area contributed by atoms with Crippen molar-refractivity contribution in [2.45, 2.75) is 45.6 Å². The largest absolute Gasteiger partial charge is 0.494 e. The lowest BCUT2D eigenvalue weighted by Gasteiger charge is -2.18. The number of hydrogen-bond acceptors (Lipinski definition) is 7. The molecular formula is C22H33ClN2O9. The fourth-order valence-corrected chi connectivity index (χ4v) is 3.08. The molecule has 2 rings (SSSR count). The van der Waals surface area contributed by atoms with Crippen LogP contribution in [0.1, 0.15) is 44.6 Å². The molecule has 1 atom stereocenters. The third-order valence-electron chi connectivity index (χ3n) is 4.53. The number of nitrogens with zero attached hydrogens (tertiary/aromatic N) is 1. The van der Waals surface area contributed by atoms with Crippen LogP contribution in [0.3, 0.4) is 0 Å². The molecule has 0 unspecified atom stereocenters. The van der Waals surface area contributed by atoms with E-state index in [-0.39, 0.29) is 25.7 Å². The van der Waals surface area contributed by atoms with Crippen molar-refractivity contribution < 1.29 is 44.3 Å². The van der Waals surface area contributed by atoms with Gasteiger partial charge in [-0.2, -0.15) is 0 Å². The maximum absolute atomic E-state index is 9.64. The number of likely N-dealkylation sites (tertiary alicyclic amines) is 1. The van der Waals surface area contributed by atoms with E-state index in [9.17, 15) is 19.2 Å². The second-order valence-electron chi connectivity index (χ2n) is 7.39. The normalized spacial score (nSPS) is 14.7. The third-order valence-corrected chi connectivity index (χ3v) is 4.76. The number of rotatable bonds is 11. The smallest absolute Gasteiger partial charge is 0.303 e. The molecule has 0 aliphatic carbocycles. The van der Waals surface area contributed by atoms with Gasteiger partial charge in [0.15, 0.2) is 0 Å². The van der Waals surface area contributed by atoms with E-state index >= 15 is 0 Å². The number of carboxylic acid groups (broad SMARTS) is 4. The predicted octanol–water partition coefficient (Wildman–Crippen LogP) is 2.39. The number of nitrogens with two attached hydrogens (primary N) is 1.